The molecule has 0 bridgehead atoms. The lowest BCUT2D eigenvalue weighted by molar-refractivity contribution is 0.375. The van der Waals surface area contributed by atoms with E-state index in [1.807, 2.05) is 0 Å². The van der Waals surface area contributed by atoms with Crippen molar-refractivity contribution in [1.29, 1.82) is 0 Å². The lowest BCUT2D eigenvalue weighted by atomic mass is 9.78. The number of aryl methyl sites for hydroxylation is 1. The van der Waals surface area contributed by atoms with E-state index in [4.69, 9.17) is 0 Å². The Balaban J connectivity index is 1.58. The molecule has 1 saturated carbocycles. The van der Waals surface area contributed by atoms with Gasteiger partial charge < -0.3 is 0 Å². The molecule has 1 fully saturated rings. The van der Waals surface area contributed by atoms with E-state index < -0.39 is 0 Å². The summed E-state index contributed by atoms with van der Waals surface area (Å²) in [6.45, 7) is 4.49. The van der Waals surface area contributed by atoms with E-state index in [2.05, 4.69) is 74.5 Å². The molecule has 1 aliphatic carbocycles. The van der Waals surface area contributed by atoms with Crippen molar-refractivity contribution in [2.45, 2.75) is 71.1 Å². The van der Waals surface area contributed by atoms with Gasteiger partial charge in [0.1, 0.15) is 0 Å². The molecule has 0 aromatic heterocycles. The van der Waals surface area contributed by atoms with Crippen LogP contribution in [0.4, 0.5) is 0 Å². The number of rotatable bonds is 7. The normalized spacial score (nSPS) is 20.5. The third-order valence-corrected chi connectivity index (χ3v) is 5.84. The minimum atomic E-state index is 0.756. The second-order valence-electron chi connectivity index (χ2n) is 7.90. The van der Waals surface area contributed by atoms with E-state index in [1.54, 1.807) is 0 Å². The maximum atomic E-state index is 2.48. The van der Waals surface area contributed by atoms with Gasteiger partial charge in [0.05, 0.1) is 0 Å². The largest absolute Gasteiger partial charge is 0.0883 e. The topological polar surface area (TPSA) is 0 Å². The van der Waals surface area contributed by atoms with Gasteiger partial charge in [-0.15, -0.1) is 0 Å². The summed E-state index contributed by atoms with van der Waals surface area (Å²) in [5, 5.41) is 0. The van der Waals surface area contributed by atoms with Crippen molar-refractivity contribution >= 4 is 0 Å². The number of unbranched alkanes of at least 4 members (excludes halogenated alkanes) is 1. The standard InChI is InChI=1S/C26H34/c1-3-5-6-8-22-11-15-24(16-12-22)26-19-17-25(18-20-26)23-13-9-21(7-4-2)10-14-23/h6,8-10,13-14,17-20,22,24H,3-5,7,11-12,15-16H2,1-2H3/b8-6+. The highest BCUT2D eigenvalue weighted by Gasteiger charge is 2.20. The fraction of sp³-hybridized carbons (Fsp3) is 0.462. The molecule has 3 rings (SSSR count). The van der Waals surface area contributed by atoms with Gasteiger partial charge in [-0.25, -0.2) is 0 Å². The second-order valence-corrected chi connectivity index (χ2v) is 7.90. The van der Waals surface area contributed by atoms with Gasteiger partial charge in [0, 0.05) is 0 Å². The minimum absolute atomic E-state index is 0.756. The molecule has 0 N–H and O–H groups in total. The third-order valence-electron chi connectivity index (χ3n) is 5.84. The summed E-state index contributed by atoms with van der Waals surface area (Å²) in [4.78, 5) is 0. The summed E-state index contributed by atoms with van der Waals surface area (Å²) in [6.07, 6.45) is 15.1. The number of allylic oxidation sites excluding steroid dienone is 2. The maximum absolute atomic E-state index is 2.48. The molecule has 138 valence electrons. The number of benzene rings is 2. The first-order chi connectivity index (χ1) is 12.8. The van der Waals surface area contributed by atoms with Crippen LogP contribution in [0.1, 0.15) is 75.8 Å². The van der Waals surface area contributed by atoms with Crippen LogP contribution in [0.15, 0.2) is 60.7 Å². The molecular formula is C26H34. The summed E-state index contributed by atoms with van der Waals surface area (Å²) in [5.74, 6) is 1.57. The van der Waals surface area contributed by atoms with Crippen LogP contribution >= 0.6 is 0 Å². The first kappa shape index (κ1) is 19.0. The van der Waals surface area contributed by atoms with E-state index in [9.17, 15) is 0 Å². The van der Waals surface area contributed by atoms with Crippen LogP contribution < -0.4 is 0 Å². The maximum Gasteiger partial charge on any atom is -0.0162 e. The molecule has 0 nitrogen and oxygen atoms in total. The zero-order valence-electron chi connectivity index (χ0n) is 16.6. The number of hydrogen-bond donors (Lipinski definition) is 0. The van der Waals surface area contributed by atoms with Gasteiger partial charge >= 0.3 is 0 Å². The van der Waals surface area contributed by atoms with Crippen molar-refractivity contribution in [2.75, 3.05) is 0 Å². The van der Waals surface area contributed by atoms with Crippen LogP contribution in [0.5, 0.6) is 0 Å². The van der Waals surface area contributed by atoms with Crippen LogP contribution in [0, 0.1) is 5.92 Å². The molecule has 0 aliphatic heterocycles. The second kappa shape index (κ2) is 9.76. The fourth-order valence-corrected chi connectivity index (χ4v) is 4.20. The predicted octanol–water partition coefficient (Wildman–Crippen LogP) is 7.94. The first-order valence-corrected chi connectivity index (χ1v) is 10.7. The first-order valence-electron chi connectivity index (χ1n) is 10.7. The zero-order chi connectivity index (χ0) is 18.2. The quantitative estimate of drug-likeness (QED) is 0.446. The van der Waals surface area contributed by atoms with Crippen molar-refractivity contribution in [3.63, 3.8) is 0 Å². The van der Waals surface area contributed by atoms with E-state index >= 15 is 0 Å². The van der Waals surface area contributed by atoms with Crippen LogP contribution in [0.2, 0.25) is 0 Å². The molecule has 26 heavy (non-hydrogen) atoms. The zero-order valence-corrected chi connectivity index (χ0v) is 16.6. The Labute approximate surface area is 160 Å². The summed E-state index contributed by atoms with van der Waals surface area (Å²) >= 11 is 0. The van der Waals surface area contributed by atoms with Crippen molar-refractivity contribution in [3.05, 3.63) is 71.8 Å². The average Bonchev–Trinajstić information content (AvgIpc) is 2.70. The van der Waals surface area contributed by atoms with Crippen molar-refractivity contribution in [3.8, 4) is 11.1 Å². The van der Waals surface area contributed by atoms with Gasteiger partial charge in [-0.1, -0.05) is 87.4 Å². The molecule has 0 spiro atoms. The molecular weight excluding hydrogens is 312 g/mol. The Morgan fingerprint density at radius 1 is 0.769 bits per heavy atom. The fourth-order valence-electron chi connectivity index (χ4n) is 4.20. The van der Waals surface area contributed by atoms with Crippen LogP contribution in [0.25, 0.3) is 11.1 Å². The minimum Gasteiger partial charge on any atom is -0.0883 e. The summed E-state index contributed by atoms with van der Waals surface area (Å²) in [7, 11) is 0. The van der Waals surface area contributed by atoms with Gasteiger partial charge in [0.15, 0.2) is 0 Å². The molecule has 2 aromatic rings. The Morgan fingerprint density at radius 2 is 1.38 bits per heavy atom. The monoisotopic (exact) mass is 346 g/mol. The molecule has 0 heteroatoms. The van der Waals surface area contributed by atoms with Gasteiger partial charge in [0.25, 0.3) is 0 Å². The Hall–Kier alpha value is -1.82. The van der Waals surface area contributed by atoms with E-state index in [0.29, 0.717) is 0 Å². The molecule has 1 aliphatic rings. The summed E-state index contributed by atoms with van der Waals surface area (Å²) < 4.78 is 0. The van der Waals surface area contributed by atoms with Crippen molar-refractivity contribution in [2.24, 2.45) is 5.92 Å². The molecule has 0 radical (unpaired) electrons. The molecule has 0 unspecified atom stereocenters. The smallest absolute Gasteiger partial charge is 0.0162 e. The Morgan fingerprint density at radius 3 is 1.96 bits per heavy atom. The highest BCUT2D eigenvalue weighted by atomic mass is 14.3. The Kier molecular flexibility index (Phi) is 7.12. The Bertz CT molecular complexity index is 667. The van der Waals surface area contributed by atoms with Crippen LogP contribution in [-0.2, 0) is 6.42 Å². The average molecular weight is 347 g/mol. The van der Waals surface area contributed by atoms with Gasteiger partial charge in [0.2, 0.25) is 0 Å². The molecule has 0 saturated heterocycles. The van der Waals surface area contributed by atoms with Crippen molar-refractivity contribution < 1.29 is 0 Å². The molecule has 0 atom stereocenters. The van der Waals surface area contributed by atoms with Crippen LogP contribution in [-0.4, -0.2) is 0 Å². The molecule has 0 amide bonds. The van der Waals surface area contributed by atoms with Gasteiger partial charge in [-0.3, -0.25) is 0 Å². The highest BCUT2D eigenvalue weighted by Crippen LogP contribution is 2.37. The van der Waals surface area contributed by atoms with E-state index in [0.717, 1.165) is 11.8 Å². The van der Waals surface area contributed by atoms with Crippen molar-refractivity contribution in [1.82, 2.24) is 0 Å². The predicted molar refractivity (Wildman–Crippen MR) is 115 cm³/mol. The number of hydrogen-bond acceptors (Lipinski definition) is 0. The molecule has 2 aromatic carbocycles. The molecule has 0 heterocycles. The van der Waals surface area contributed by atoms with Crippen LogP contribution in [0.3, 0.4) is 0 Å². The van der Waals surface area contributed by atoms with E-state index in [1.165, 1.54) is 73.6 Å². The highest BCUT2D eigenvalue weighted by molar-refractivity contribution is 5.64. The van der Waals surface area contributed by atoms with E-state index in [-0.39, 0.29) is 0 Å². The lowest BCUT2D eigenvalue weighted by Gasteiger charge is -2.27. The lowest BCUT2D eigenvalue weighted by Crippen LogP contribution is -2.11. The summed E-state index contributed by atoms with van der Waals surface area (Å²) in [6, 6.07) is 18.5. The van der Waals surface area contributed by atoms with Gasteiger partial charge in [-0.05, 0) is 72.6 Å². The summed E-state index contributed by atoms with van der Waals surface area (Å²) in [5.41, 5.74) is 5.65. The van der Waals surface area contributed by atoms with Gasteiger partial charge in [-0.2, -0.15) is 0 Å². The SMILES string of the molecule is CCC/C=C/C1CCC(c2ccc(-c3ccc(CCC)cc3)cc2)CC1. The third kappa shape index (κ3) is 5.10.